The van der Waals surface area contributed by atoms with Crippen molar-refractivity contribution in [1.82, 2.24) is 14.6 Å². The zero-order valence-corrected chi connectivity index (χ0v) is 31.0. The molecule has 1 unspecified atom stereocenters. The number of anilines is 1. The number of carbonyl (C=O) groups is 2. The second-order valence-corrected chi connectivity index (χ2v) is 14.8. The fourth-order valence-electron chi connectivity index (χ4n) is 6.47. The molecule has 6 bridgehead atoms. The highest BCUT2D eigenvalue weighted by Gasteiger charge is 2.34. The number of aliphatic hydroxyl groups is 1. The molecule has 11 heteroatoms. The Morgan fingerprint density at radius 1 is 1.06 bits per heavy atom. The first-order valence-corrected chi connectivity index (χ1v) is 17.9. The van der Waals surface area contributed by atoms with Gasteiger partial charge in [-0.1, -0.05) is 18.2 Å². The summed E-state index contributed by atoms with van der Waals surface area (Å²) in [4.78, 5) is 31.9. The van der Waals surface area contributed by atoms with Gasteiger partial charge in [0.05, 0.1) is 41.6 Å². The molecule has 274 valence electrons. The van der Waals surface area contributed by atoms with Crippen LogP contribution in [0.1, 0.15) is 95.3 Å². The number of fused-ring (bicyclic) bond motifs is 8. The first-order valence-electron chi connectivity index (χ1n) is 17.9. The van der Waals surface area contributed by atoms with E-state index < -0.39 is 11.6 Å². The zero-order valence-electron chi connectivity index (χ0n) is 31.0. The summed E-state index contributed by atoms with van der Waals surface area (Å²) in [6.07, 6.45) is 4.46. The summed E-state index contributed by atoms with van der Waals surface area (Å²) >= 11 is 0. The van der Waals surface area contributed by atoms with Crippen molar-refractivity contribution in [3.63, 3.8) is 0 Å². The van der Waals surface area contributed by atoms with E-state index in [0.717, 1.165) is 73.4 Å². The Kier molecular flexibility index (Phi) is 11.7. The highest BCUT2D eigenvalue weighted by molar-refractivity contribution is 5.91. The third-order valence-electron chi connectivity index (χ3n) is 9.11. The van der Waals surface area contributed by atoms with E-state index in [1.54, 1.807) is 39.0 Å². The normalized spacial score (nSPS) is 19.5. The minimum Gasteiger partial charge on any atom is -0.490 e. The van der Waals surface area contributed by atoms with Gasteiger partial charge in [-0.2, -0.15) is 9.61 Å². The number of nitrogens with zero attached hydrogens (tertiary/aromatic N) is 4. The molecule has 0 amide bonds. The lowest BCUT2D eigenvalue weighted by molar-refractivity contribution is -0.142. The molecule has 0 saturated carbocycles. The smallest absolute Gasteiger partial charge is 0.335 e. The molecule has 1 fully saturated rings. The van der Waals surface area contributed by atoms with Crippen LogP contribution in [0.2, 0.25) is 0 Å². The molecule has 1 atom stereocenters. The first-order chi connectivity index (χ1) is 24.1. The number of ether oxygens (including phenoxy) is 3. The van der Waals surface area contributed by atoms with Crippen LogP contribution < -0.4 is 9.64 Å². The van der Waals surface area contributed by atoms with Crippen LogP contribution in [0.5, 0.6) is 5.75 Å². The number of benzene rings is 2. The van der Waals surface area contributed by atoms with Gasteiger partial charge in [0, 0.05) is 48.1 Å². The van der Waals surface area contributed by atoms with Crippen LogP contribution in [-0.4, -0.2) is 80.4 Å². The summed E-state index contributed by atoms with van der Waals surface area (Å²) in [5.41, 5.74) is 4.81. The summed E-state index contributed by atoms with van der Waals surface area (Å²) in [6.45, 7) is 15.7. The van der Waals surface area contributed by atoms with Gasteiger partial charge in [-0.15, -0.1) is 0 Å². The molecule has 0 aliphatic carbocycles. The van der Waals surface area contributed by atoms with Crippen molar-refractivity contribution in [3.05, 3.63) is 65.4 Å². The number of carboxylic acids is 1. The van der Waals surface area contributed by atoms with Gasteiger partial charge in [-0.25, -0.2) is 9.78 Å². The van der Waals surface area contributed by atoms with Crippen molar-refractivity contribution in [2.75, 3.05) is 31.2 Å². The molecule has 11 nitrogen and oxygen atoms in total. The maximum Gasteiger partial charge on any atom is 0.335 e. The fourth-order valence-corrected chi connectivity index (χ4v) is 6.47. The van der Waals surface area contributed by atoms with Gasteiger partial charge in [-0.05, 0) is 110 Å². The molecule has 3 aliphatic heterocycles. The molecule has 51 heavy (non-hydrogen) atoms. The van der Waals surface area contributed by atoms with E-state index in [0.29, 0.717) is 35.9 Å². The van der Waals surface area contributed by atoms with Crippen molar-refractivity contribution >= 4 is 23.4 Å². The molecule has 2 aromatic heterocycles. The number of hydrogen-bond donors (Lipinski definition) is 2. The zero-order chi connectivity index (χ0) is 36.9. The summed E-state index contributed by atoms with van der Waals surface area (Å²) in [6, 6.07) is 14.8. The van der Waals surface area contributed by atoms with Gasteiger partial charge >= 0.3 is 11.9 Å². The molecule has 7 rings (SSSR count). The number of carbonyl (C=O) groups excluding carboxylic acids is 1. The summed E-state index contributed by atoms with van der Waals surface area (Å²) < 4.78 is 20.1. The average molecular weight is 701 g/mol. The van der Waals surface area contributed by atoms with Crippen LogP contribution in [0.15, 0.2) is 48.5 Å². The maximum absolute atomic E-state index is 12.8. The topological polar surface area (TPSA) is 136 Å². The number of esters is 1. The Morgan fingerprint density at radius 3 is 2.45 bits per heavy atom. The number of rotatable bonds is 4. The summed E-state index contributed by atoms with van der Waals surface area (Å²) in [7, 11) is 0. The van der Waals surface area contributed by atoms with Gasteiger partial charge in [0.15, 0.2) is 5.65 Å². The van der Waals surface area contributed by atoms with E-state index in [1.165, 1.54) is 0 Å². The number of piperidine rings is 1. The average Bonchev–Trinajstić information content (AvgIpc) is 3.48. The second kappa shape index (κ2) is 15.8. The summed E-state index contributed by atoms with van der Waals surface area (Å²) in [5.74, 6) is 0.198. The van der Waals surface area contributed by atoms with Crippen molar-refractivity contribution in [1.29, 1.82) is 0 Å². The highest BCUT2D eigenvalue weighted by atomic mass is 16.5. The SMILES string of the molecule is CC(C)(C)O.CCOC(=O)Cc1c(C)nc2cc3nn2c1N1CCC(C)(CC1)OCCCCC(C)Oc1ccc(C(=O)O)cc1-c1cccc-3c1. The van der Waals surface area contributed by atoms with Crippen LogP contribution in [0.25, 0.3) is 28.0 Å². The molecular formula is C40H52N4O7. The van der Waals surface area contributed by atoms with E-state index in [1.807, 2.05) is 48.7 Å². The third-order valence-corrected chi connectivity index (χ3v) is 9.11. The molecule has 0 spiro atoms. The van der Waals surface area contributed by atoms with Crippen LogP contribution in [0.4, 0.5) is 5.82 Å². The van der Waals surface area contributed by atoms with Crippen LogP contribution in [0, 0.1) is 6.92 Å². The second-order valence-electron chi connectivity index (χ2n) is 14.8. The lowest BCUT2D eigenvalue weighted by atomic mass is 9.92. The number of aromatic carboxylic acids is 1. The highest BCUT2D eigenvalue weighted by Crippen LogP contribution is 2.37. The summed E-state index contributed by atoms with van der Waals surface area (Å²) in [5, 5.41) is 23.4. The van der Waals surface area contributed by atoms with Gasteiger partial charge < -0.3 is 29.3 Å². The van der Waals surface area contributed by atoms with Crippen molar-refractivity contribution in [2.24, 2.45) is 0 Å². The Morgan fingerprint density at radius 2 is 1.76 bits per heavy atom. The van der Waals surface area contributed by atoms with Gasteiger partial charge in [0.25, 0.3) is 0 Å². The van der Waals surface area contributed by atoms with Crippen LogP contribution in [0.3, 0.4) is 0 Å². The van der Waals surface area contributed by atoms with Crippen molar-refractivity contribution in [2.45, 2.75) is 104 Å². The van der Waals surface area contributed by atoms with Gasteiger partial charge in [-0.3, -0.25) is 4.79 Å². The van der Waals surface area contributed by atoms with Gasteiger partial charge in [0.2, 0.25) is 0 Å². The molecular weight excluding hydrogens is 648 g/mol. The minimum absolute atomic E-state index is 0.0583. The molecule has 4 aromatic rings. The number of carboxylic acid groups (broad SMARTS) is 1. The Bertz CT molecular complexity index is 1850. The largest absolute Gasteiger partial charge is 0.490 e. The first kappa shape index (κ1) is 37.8. The van der Waals surface area contributed by atoms with E-state index in [4.69, 9.17) is 29.4 Å². The predicted octanol–water partition coefficient (Wildman–Crippen LogP) is 7.28. The Labute approximate surface area is 300 Å². The molecule has 3 aliphatic rings. The van der Waals surface area contributed by atoms with Gasteiger partial charge in [0.1, 0.15) is 11.6 Å². The molecule has 5 heterocycles. The Balaban J connectivity index is 0.000000943. The lowest BCUT2D eigenvalue weighted by Gasteiger charge is -2.41. The number of aryl methyl sites for hydroxylation is 1. The molecule has 2 N–H and O–H groups in total. The quantitative estimate of drug-likeness (QED) is 0.209. The number of aromatic nitrogens is 3. The standard InChI is InChI=1S/C36H42N4O6.C4H10O/c1-5-44-33(41)21-28-24(3)37-32-22-30-26-11-8-10-25(19-26)29-20-27(35(42)43)12-13-31(29)46-23(2)9-6-7-18-45-36(4)14-16-39(17-15-36)34(28)40(32)38-30;1-4(2,3)5/h8,10-13,19-20,22-23H,5-7,9,14-18,21H2,1-4H3,(H,42,43);5H,1-3H3. The van der Waals surface area contributed by atoms with E-state index >= 15 is 0 Å². The monoisotopic (exact) mass is 700 g/mol. The van der Waals surface area contributed by atoms with E-state index in [2.05, 4.69) is 18.7 Å². The fraction of sp³-hybridized carbons (Fsp3) is 0.500. The van der Waals surface area contributed by atoms with Crippen LogP contribution in [-0.2, 0) is 20.7 Å². The van der Waals surface area contributed by atoms with E-state index in [-0.39, 0.29) is 29.7 Å². The predicted molar refractivity (Wildman–Crippen MR) is 198 cm³/mol. The molecule has 1 saturated heterocycles. The third kappa shape index (κ3) is 9.65. The lowest BCUT2D eigenvalue weighted by Crippen LogP contribution is -2.45. The minimum atomic E-state index is -0.996. The molecule has 0 radical (unpaired) electrons. The van der Waals surface area contributed by atoms with Crippen molar-refractivity contribution < 1.29 is 34.0 Å². The van der Waals surface area contributed by atoms with E-state index in [9.17, 15) is 14.7 Å². The maximum atomic E-state index is 12.8. The molecule has 2 aromatic carbocycles. The van der Waals surface area contributed by atoms with Crippen molar-refractivity contribution in [3.8, 4) is 28.1 Å². The number of hydrogen-bond acceptors (Lipinski definition) is 9. The Hall–Kier alpha value is -4.48. The van der Waals surface area contributed by atoms with Crippen LogP contribution >= 0.6 is 0 Å².